The van der Waals surface area contributed by atoms with Crippen molar-refractivity contribution in [3.63, 3.8) is 0 Å². The van der Waals surface area contributed by atoms with Crippen LogP contribution in [0.3, 0.4) is 0 Å². The lowest BCUT2D eigenvalue weighted by molar-refractivity contribution is 0.369. The molecule has 2 aromatic carbocycles. The maximum atomic E-state index is 10.6. The van der Waals surface area contributed by atoms with Gasteiger partial charge in [0.25, 0.3) is 0 Å². The molecule has 0 spiro atoms. The number of rotatable bonds is 3. The molecule has 0 aromatic heterocycles. The van der Waals surface area contributed by atoms with Crippen molar-refractivity contribution in [2.24, 2.45) is 5.73 Å². The molecule has 0 saturated carbocycles. The molecule has 0 bridgehead atoms. The first-order valence-corrected chi connectivity index (χ1v) is 8.70. The molecule has 1 aliphatic rings. The summed E-state index contributed by atoms with van der Waals surface area (Å²) in [5, 5.41) is 21.1. The zero-order valence-electron chi connectivity index (χ0n) is 13.0. The van der Waals surface area contributed by atoms with E-state index in [0.29, 0.717) is 17.7 Å². The van der Waals surface area contributed by atoms with E-state index in [-0.39, 0.29) is 17.6 Å². The normalized spacial score (nSPS) is 20.0. The van der Waals surface area contributed by atoms with Crippen LogP contribution in [-0.2, 0) is 3.42 Å². The number of aromatic hydroxyl groups is 1. The maximum Gasteiger partial charge on any atom is 0.122 e. The van der Waals surface area contributed by atoms with Gasteiger partial charge in [-0.25, -0.2) is 0 Å². The van der Waals surface area contributed by atoms with Gasteiger partial charge in [0, 0.05) is 35.4 Å². The molecule has 1 aliphatic carbocycles. The number of nitrogen functional groups attached to an aromatic ring is 1. The van der Waals surface area contributed by atoms with Gasteiger partial charge < -0.3 is 21.7 Å². The fourth-order valence-corrected chi connectivity index (χ4v) is 4.30. The Morgan fingerprint density at radius 2 is 1.79 bits per heavy atom. The predicted molar refractivity (Wildman–Crippen MR) is 105 cm³/mol. The fourth-order valence-electron chi connectivity index (χ4n) is 2.99. The van der Waals surface area contributed by atoms with Gasteiger partial charge in [0.2, 0.25) is 0 Å². The molecule has 0 fully saturated rings. The Morgan fingerprint density at radius 3 is 2.42 bits per heavy atom. The van der Waals surface area contributed by atoms with E-state index in [0.717, 1.165) is 11.1 Å². The van der Waals surface area contributed by atoms with Crippen LogP contribution in [0.1, 0.15) is 17.5 Å². The SMILES string of the molecule is Nc1ccc(C(I)(C2=C(O)CC(N)C=C2)c2ccccc2)c(O)c1. The summed E-state index contributed by atoms with van der Waals surface area (Å²) in [6.45, 7) is 0. The average Bonchev–Trinajstić information content (AvgIpc) is 2.55. The lowest BCUT2D eigenvalue weighted by Gasteiger charge is -2.33. The van der Waals surface area contributed by atoms with Gasteiger partial charge >= 0.3 is 0 Å². The van der Waals surface area contributed by atoms with E-state index in [9.17, 15) is 10.2 Å². The molecule has 24 heavy (non-hydrogen) atoms. The van der Waals surface area contributed by atoms with Gasteiger partial charge in [-0.05, 0) is 11.6 Å². The Labute approximate surface area is 154 Å². The lowest BCUT2D eigenvalue weighted by atomic mass is 9.81. The molecule has 6 N–H and O–H groups in total. The van der Waals surface area contributed by atoms with Crippen LogP contribution in [0.15, 0.2) is 72.0 Å². The van der Waals surface area contributed by atoms with Gasteiger partial charge in [-0.1, -0.05) is 71.1 Å². The first-order valence-electron chi connectivity index (χ1n) is 7.62. The number of halogens is 1. The van der Waals surface area contributed by atoms with Crippen molar-refractivity contribution in [2.45, 2.75) is 15.9 Å². The Hall–Kier alpha value is -1.99. The predicted octanol–water partition coefficient (Wildman–Crippen LogP) is 3.75. The third kappa shape index (κ3) is 2.89. The van der Waals surface area contributed by atoms with Gasteiger partial charge in [0.05, 0.1) is 5.76 Å². The number of aliphatic hydroxyl groups is 1. The van der Waals surface area contributed by atoms with Crippen molar-refractivity contribution >= 4 is 28.3 Å². The van der Waals surface area contributed by atoms with Gasteiger partial charge in [-0.15, -0.1) is 0 Å². The fraction of sp³-hybridized carbons (Fsp3) is 0.158. The van der Waals surface area contributed by atoms with Crippen molar-refractivity contribution in [3.05, 3.63) is 83.1 Å². The van der Waals surface area contributed by atoms with E-state index in [1.807, 2.05) is 42.5 Å². The van der Waals surface area contributed by atoms with Crippen LogP contribution in [0.2, 0.25) is 0 Å². The highest BCUT2D eigenvalue weighted by Gasteiger charge is 2.39. The topological polar surface area (TPSA) is 92.5 Å². The second-order valence-electron chi connectivity index (χ2n) is 5.89. The third-order valence-corrected chi connectivity index (χ3v) is 5.97. The Bertz CT molecular complexity index is 817. The smallest absolute Gasteiger partial charge is 0.122 e. The van der Waals surface area contributed by atoms with Crippen molar-refractivity contribution < 1.29 is 10.2 Å². The van der Waals surface area contributed by atoms with E-state index in [2.05, 4.69) is 22.6 Å². The molecule has 0 amide bonds. The second-order valence-corrected chi connectivity index (χ2v) is 7.51. The molecule has 2 aromatic rings. The molecule has 124 valence electrons. The zero-order chi connectivity index (χ0) is 17.3. The largest absolute Gasteiger partial charge is 0.512 e. The zero-order valence-corrected chi connectivity index (χ0v) is 15.1. The van der Waals surface area contributed by atoms with Crippen molar-refractivity contribution in [1.29, 1.82) is 0 Å². The first kappa shape index (κ1) is 16.9. The number of hydrogen-bond donors (Lipinski definition) is 4. The monoisotopic (exact) mass is 434 g/mol. The Kier molecular flexibility index (Phi) is 4.56. The minimum atomic E-state index is -0.752. The number of anilines is 1. The molecule has 0 radical (unpaired) electrons. The van der Waals surface area contributed by atoms with Crippen molar-refractivity contribution in [1.82, 2.24) is 0 Å². The third-order valence-electron chi connectivity index (χ3n) is 4.19. The minimum absolute atomic E-state index is 0.0943. The number of phenolic OH excluding ortho intramolecular Hbond substituents is 1. The van der Waals surface area contributed by atoms with Crippen LogP contribution >= 0.6 is 22.6 Å². The summed E-state index contributed by atoms with van der Waals surface area (Å²) in [4.78, 5) is 0. The standard InChI is InChI=1S/C19H19IN2O2/c20-19(12-4-2-1-3-5-12,15-8-6-13(21)10-17(15)23)16-9-7-14(22)11-18(16)24/h1-10,14,23-24H,11,21-22H2. The van der Waals surface area contributed by atoms with Crippen LogP contribution in [0.25, 0.3) is 0 Å². The van der Waals surface area contributed by atoms with Gasteiger partial charge in [0.15, 0.2) is 0 Å². The first-order chi connectivity index (χ1) is 11.4. The summed E-state index contributed by atoms with van der Waals surface area (Å²) < 4.78 is -0.752. The van der Waals surface area contributed by atoms with E-state index in [4.69, 9.17) is 11.5 Å². The quantitative estimate of drug-likeness (QED) is 0.337. The number of nitrogens with two attached hydrogens (primary N) is 2. The average molecular weight is 434 g/mol. The summed E-state index contributed by atoms with van der Waals surface area (Å²) in [6.07, 6.45) is 4.09. The summed E-state index contributed by atoms with van der Waals surface area (Å²) in [6, 6.07) is 14.6. The molecular weight excluding hydrogens is 415 g/mol. The van der Waals surface area contributed by atoms with Crippen molar-refractivity contribution in [2.75, 3.05) is 5.73 Å². The molecule has 5 heteroatoms. The van der Waals surface area contributed by atoms with Crippen LogP contribution in [0.4, 0.5) is 5.69 Å². The minimum Gasteiger partial charge on any atom is -0.512 e. The van der Waals surface area contributed by atoms with E-state index in [1.54, 1.807) is 12.1 Å². The van der Waals surface area contributed by atoms with Crippen LogP contribution in [-0.4, -0.2) is 16.3 Å². The van der Waals surface area contributed by atoms with Gasteiger partial charge in [-0.2, -0.15) is 0 Å². The van der Waals surface area contributed by atoms with Crippen LogP contribution < -0.4 is 11.5 Å². The summed E-state index contributed by atoms with van der Waals surface area (Å²) >= 11 is 2.27. The number of aliphatic hydroxyl groups excluding tert-OH is 1. The van der Waals surface area contributed by atoms with Crippen LogP contribution in [0, 0.1) is 0 Å². The highest BCUT2D eigenvalue weighted by atomic mass is 127. The molecule has 2 atom stereocenters. The second kappa shape index (κ2) is 6.49. The molecule has 0 aliphatic heterocycles. The summed E-state index contributed by atoms with van der Waals surface area (Å²) in [7, 11) is 0. The summed E-state index contributed by atoms with van der Waals surface area (Å²) in [5.41, 5.74) is 14.5. The molecule has 0 heterocycles. The number of benzene rings is 2. The molecule has 0 saturated heterocycles. The van der Waals surface area contributed by atoms with E-state index < -0.39 is 3.42 Å². The van der Waals surface area contributed by atoms with Crippen LogP contribution in [0.5, 0.6) is 5.75 Å². The Balaban J connectivity index is 2.27. The number of alkyl halides is 1. The molecule has 2 unspecified atom stereocenters. The maximum absolute atomic E-state index is 10.6. The van der Waals surface area contributed by atoms with Gasteiger partial charge in [-0.3, -0.25) is 0 Å². The van der Waals surface area contributed by atoms with Gasteiger partial charge in [0.1, 0.15) is 9.17 Å². The number of allylic oxidation sites excluding steroid dienone is 2. The Morgan fingerprint density at radius 1 is 1.08 bits per heavy atom. The highest BCUT2D eigenvalue weighted by Crippen LogP contribution is 2.51. The number of hydrogen-bond acceptors (Lipinski definition) is 4. The molecular formula is C19H19IN2O2. The lowest BCUT2D eigenvalue weighted by Crippen LogP contribution is -2.28. The molecule has 4 nitrogen and oxygen atoms in total. The van der Waals surface area contributed by atoms with E-state index in [1.165, 1.54) is 6.07 Å². The van der Waals surface area contributed by atoms with Crippen molar-refractivity contribution in [3.8, 4) is 5.75 Å². The number of phenols is 1. The molecule has 3 rings (SSSR count). The summed E-state index contributed by atoms with van der Waals surface area (Å²) in [5.74, 6) is 0.330. The highest BCUT2D eigenvalue weighted by molar-refractivity contribution is 14.1. The van der Waals surface area contributed by atoms with E-state index >= 15 is 0 Å².